The third-order valence-corrected chi connectivity index (χ3v) is 5.05. The van der Waals surface area contributed by atoms with Crippen LogP contribution in [0.2, 0.25) is 0 Å². The summed E-state index contributed by atoms with van der Waals surface area (Å²) >= 11 is 1.39. The minimum absolute atomic E-state index is 0.0955. The van der Waals surface area contributed by atoms with Gasteiger partial charge in [0.05, 0.1) is 23.0 Å². The van der Waals surface area contributed by atoms with E-state index in [1.54, 1.807) is 6.07 Å². The average Bonchev–Trinajstić information content (AvgIpc) is 2.55. The van der Waals surface area contributed by atoms with Gasteiger partial charge in [0.15, 0.2) is 0 Å². The Morgan fingerprint density at radius 1 is 1.35 bits per heavy atom. The molecule has 1 N–H and O–H groups in total. The molecule has 1 fully saturated rings. The molecule has 1 saturated carbocycles. The zero-order valence-corrected chi connectivity index (χ0v) is 14.4. The molecule has 0 aromatic heterocycles. The van der Waals surface area contributed by atoms with Crippen molar-refractivity contribution in [1.29, 1.82) is 0 Å². The number of carbonyl (C=O) groups excluding carboxylic acids is 1. The molecule has 1 aromatic rings. The van der Waals surface area contributed by atoms with Gasteiger partial charge in [-0.05, 0) is 43.9 Å². The molecule has 1 aliphatic carbocycles. The third kappa shape index (κ3) is 4.16. The zero-order valence-electron chi connectivity index (χ0n) is 13.6. The van der Waals surface area contributed by atoms with Crippen molar-refractivity contribution in [3.8, 4) is 5.75 Å². The van der Waals surface area contributed by atoms with Crippen molar-refractivity contribution < 1.29 is 14.5 Å². The van der Waals surface area contributed by atoms with E-state index in [9.17, 15) is 14.9 Å². The Labute approximate surface area is 140 Å². The van der Waals surface area contributed by atoms with Crippen LogP contribution in [0.15, 0.2) is 17.0 Å². The summed E-state index contributed by atoms with van der Waals surface area (Å²) in [6, 6.07) is 2.96. The van der Waals surface area contributed by atoms with Crippen molar-refractivity contribution in [2.75, 3.05) is 13.4 Å². The molecule has 1 aromatic carbocycles. The highest BCUT2D eigenvalue weighted by molar-refractivity contribution is 7.98. The second-order valence-electron chi connectivity index (χ2n) is 5.91. The number of rotatable bonds is 5. The number of hydrogen-bond acceptors (Lipinski definition) is 5. The molecule has 0 aliphatic heterocycles. The highest BCUT2D eigenvalue weighted by atomic mass is 32.2. The predicted octanol–water partition coefficient (Wildman–Crippen LogP) is 3.63. The molecule has 0 unspecified atom stereocenters. The first-order chi connectivity index (χ1) is 11.0. The summed E-state index contributed by atoms with van der Waals surface area (Å²) in [5.41, 5.74) is -0.125. The Kier molecular flexibility index (Phi) is 5.87. The van der Waals surface area contributed by atoms with E-state index in [1.807, 2.05) is 6.26 Å². The van der Waals surface area contributed by atoms with Crippen LogP contribution in [0.3, 0.4) is 0 Å². The lowest BCUT2D eigenvalue weighted by atomic mass is 9.87. The van der Waals surface area contributed by atoms with E-state index in [0.29, 0.717) is 16.6 Å². The number of nitro benzene ring substituents is 1. The van der Waals surface area contributed by atoms with Gasteiger partial charge >= 0.3 is 0 Å². The summed E-state index contributed by atoms with van der Waals surface area (Å²) in [6.07, 6.45) is 5.84. The van der Waals surface area contributed by atoms with Crippen LogP contribution in [0, 0.1) is 16.0 Å². The second-order valence-corrected chi connectivity index (χ2v) is 6.76. The number of hydrogen-bond donors (Lipinski definition) is 1. The number of benzene rings is 1. The summed E-state index contributed by atoms with van der Waals surface area (Å²) in [5, 5.41) is 14.2. The van der Waals surface area contributed by atoms with E-state index in [2.05, 4.69) is 12.2 Å². The minimum Gasteiger partial charge on any atom is -0.495 e. The van der Waals surface area contributed by atoms with E-state index in [0.717, 1.165) is 25.7 Å². The van der Waals surface area contributed by atoms with Crippen molar-refractivity contribution >= 4 is 23.4 Å². The van der Waals surface area contributed by atoms with Crippen molar-refractivity contribution in [3.63, 3.8) is 0 Å². The Bertz CT molecular complexity index is 598. The minimum atomic E-state index is -0.537. The maximum absolute atomic E-state index is 12.5. The number of methoxy groups -OCH3 is 1. The molecule has 0 saturated heterocycles. The summed E-state index contributed by atoms with van der Waals surface area (Å²) in [5.74, 6) is 0.711. The molecule has 0 radical (unpaired) electrons. The largest absolute Gasteiger partial charge is 0.495 e. The van der Waals surface area contributed by atoms with Gasteiger partial charge in [0, 0.05) is 6.04 Å². The van der Waals surface area contributed by atoms with Gasteiger partial charge in [-0.15, -0.1) is 11.8 Å². The van der Waals surface area contributed by atoms with Crippen molar-refractivity contribution in [1.82, 2.24) is 5.32 Å². The smallest absolute Gasteiger partial charge is 0.285 e. The van der Waals surface area contributed by atoms with Crippen LogP contribution in [0.1, 0.15) is 43.0 Å². The maximum atomic E-state index is 12.5. The van der Waals surface area contributed by atoms with E-state index >= 15 is 0 Å². The van der Waals surface area contributed by atoms with Gasteiger partial charge in [-0.25, -0.2) is 0 Å². The van der Waals surface area contributed by atoms with E-state index in [4.69, 9.17) is 4.74 Å². The molecule has 0 heterocycles. The fourth-order valence-electron chi connectivity index (χ4n) is 2.87. The summed E-state index contributed by atoms with van der Waals surface area (Å²) in [7, 11) is 1.46. The summed E-state index contributed by atoms with van der Waals surface area (Å²) in [4.78, 5) is 24.0. The fraction of sp³-hybridized carbons (Fsp3) is 0.562. The quantitative estimate of drug-likeness (QED) is 0.503. The molecule has 7 heteroatoms. The molecular weight excluding hydrogens is 316 g/mol. The highest BCUT2D eigenvalue weighted by Gasteiger charge is 2.26. The third-order valence-electron chi connectivity index (χ3n) is 4.29. The lowest BCUT2D eigenvalue weighted by molar-refractivity contribution is -0.385. The molecule has 0 bridgehead atoms. The normalized spacial score (nSPS) is 20.8. The Morgan fingerprint density at radius 2 is 2.00 bits per heavy atom. The van der Waals surface area contributed by atoms with Crippen molar-refractivity contribution in [2.24, 2.45) is 5.92 Å². The first-order valence-corrected chi connectivity index (χ1v) is 8.90. The van der Waals surface area contributed by atoms with Gasteiger partial charge in [-0.1, -0.05) is 6.92 Å². The average molecular weight is 338 g/mol. The van der Waals surface area contributed by atoms with Crippen LogP contribution >= 0.6 is 11.8 Å². The Morgan fingerprint density at radius 3 is 2.52 bits per heavy atom. The Hall–Kier alpha value is -1.76. The van der Waals surface area contributed by atoms with Crippen LogP contribution in [-0.2, 0) is 0 Å². The van der Waals surface area contributed by atoms with Crippen LogP contribution < -0.4 is 10.1 Å². The topological polar surface area (TPSA) is 81.5 Å². The number of nitrogens with one attached hydrogen (secondary N) is 1. The molecule has 1 aliphatic rings. The summed E-state index contributed by atoms with van der Waals surface area (Å²) in [6.45, 7) is 2.21. The monoisotopic (exact) mass is 338 g/mol. The summed E-state index contributed by atoms with van der Waals surface area (Å²) < 4.78 is 5.17. The second kappa shape index (κ2) is 7.68. The molecule has 0 atom stereocenters. The van der Waals surface area contributed by atoms with E-state index in [1.165, 1.54) is 24.9 Å². The number of carbonyl (C=O) groups is 1. The van der Waals surface area contributed by atoms with Crippen molar-refractivity contribution in [2.45, 2.75) is 43.5 Å². The van der Waals surface area contributed by atoms with Crippen molar-refractivity contribution in [3.05, 3.63) is 27.8 Å². The van der Waals surface area contributed by atoms with Gasteiger partial charge in [0.2, 0.25) is 0 Å². The molecule has 23 heavy (non-hydrogen) atoms. The maximum Gasteiger partial charge on any atom is 0.285 e. The van der Waals surface area contributed by atoms with Gasteiger partial charge in [-0.2, -0.15) is 0 Å². The molecule has 126 valence electrons. The molecule has 2 rings (SSSR count). The van der Waals surface area contributed by atoms with E-state index < -0.39 is 4.92 Å². The number of nitro groups is 1. The number of ether oxygens (including phenoxy) is 1. The number of thioether (sulfide) groups is 1. The van der Waals surface area contributed by atoms with Crippen LogP contribution in [-0.4, -0.2) is 30.2 Å². The number of nitrogens with zero attached hydrogens (tertiary/aromatic N) is 1. The standard InChI is InChI=1S/C16H22N2O4S/c1-10-4-6-11(7-5-10)17-16(19)12-8-15(23-3)14(22-2)9-13(12)18(20)21/h8-11H,4-7H2,1-3H3,(H,17,19). The van der Waals surface area contributed by atoms with Gasteiger partial charge in [0.1, 0.15) is 11.3 Å². The SMILES string of the molecule is COc1cc([N+](=O)[O-])c(C(=O)NC2CCC(C)CC2)cc1SC. The van der Waals surface area contributed by atoms with E-state index in [-0.39, 0.29) is 23.2 Å². The van der Waals surface area contributed by atoms with Gasteiger partial charge in [-0.3, -0.25) is 14.9 Å². The number of amides is 1. The van der Waals surface area contributed by atoms with Crippen LogP contribution in [0.4, 0.5) is 5.69 Å². The predicted molar refractivity (Wildman–Crippen MR) is 90.3 cm³/mol. The van der Waals surface area contributed by atoms with Gasteiger partial charge in [0.25, 0.3) is 11.6 Å². The lowest BCUT2D eigenvalue weighted by Crippen LogP contribution is -2.37. The Balaban J connectivity index is 2.25. The van der Waals surface area contributed by atoms with Crippen LogP contribution in [0.5, 0.6) is 5.75 Å². The zero-order chi connectivity index (χ0) is 17.0. The molecule has 6 nitrogen and oxygen atoms in total. The lowest BCUT2D eigenvalue weighted by Gasteiger charge is -2.26. The molecule has 1 amide bonds. The first kappa shape index (κ1) is 17.6. The molecule has 0 spiro atoms. The fourth-order valence-corrected chi connectivity index (χ4v) is 3.45. The van der Waals surface area contributed by atoms with Crippen LogP contribution in [0.25, 0.3) is 0 Å². The van der Waals surface area contributed by atoms with Gasteiger partial charge < -0.3 is 10.1 Å². The molecular formula is C16H22N2O4S. The highest BCUT2D eigenvalue weighted by Crippen LogP contribution is 2.34. The first-order valence-electron chi connectivity index (χ1n) is 7.67.